The molecular formula is C24H38N2O2. The van der Waals surface area contributed by atoms with Gasteiger partial charge in [0.05, 0.1) is 0 Å². The van der Waals surface area contributed by atoms with Crippen LogP contribution < -0.4 is 5.32 Å². The van der Waals surface area contributed by atoms with Crippen molar-refractivity contribution < 1.29 is 9.53 Å². The highest BCUT2D eigenvalue weighted by atomic mass is 16.5. The lowest BCUT2D eigenvalue weighted by Gasteiger charge is -2.31. The summed E-state index contributed by atoms with van der Waals surface area (Å²) in [5.41, 5.74) is 3.27. The summed E-state index contributed by atoms with van der Waals surface area (Å²) in [4.78, 5) is 15.6. The zero-order valence-corrected chi connectivity index (χ0v) is 18.6. The zero-order chi connectivity index (χ0) is 20.5. The molecule has 1 aromatic rings. The smallest absolute Gasteiger partial charge is 0.251 e. The average Bonchev–Trinajstić information content (AvgIpc) is 3.09. The Balaban J connectivity index is 1.71. The monoisotopic (exact) mass is 386 g/mol. The highest BCUT2D eigenvalue weighted by molar-refractivity contribution is 5.95. The van der Waals surface area contributed by atoms with Crippen molar-refractivity contribution in [3.8, 4) is 0 Å². The van der Waals surface area contributed by atoms with Gasteiger partial charge in [0.1, 0.15) is 0 Å². The van der Waals surface area contributed by atoms with Crippen LogP contribution in [0.4, 0.5) is 0 Å². The Bertz CT molecular complexity index is 661. The van der Waals surface area contributed by atoms with E-state index in [1.807, 2.05) is 0 Å². The first-order valence-electron chi connectivity index (χ1n) is 10.8. The Kier molecular flexibility index (Phi) is 6.21. The molecule has 1 aromatic carbocycles. The van der Waals surface area contributed by atoms with Crippen LogP contribution in [0.3, 0.4) is 0 Å². The third kappa shape index (κ3) is 5.15. The summed E-state index contributed by atoms with van der Waals surface area (Å²) in [5, 5.41) is 3.31. The van der Waals surface area contributed by atoms with Crippen molar-refractivity contribution in [3.05, 3.63) is 34.9 Å². The van der Waals surface area contributed by atoms with Crippen LogP contribution in [0, 0.1) is 0 Å². The van der Waals surface area contributed by atoms with Gasteiger partial charge in [-0.1, -0.05) is 47.6 Å². The SMILES string of the molecule is CC(C)(C)c1cc(C(=O)NC2CCN(C3CCOCC3)C2)cc(C(C)(C)C)c1. The Morgan fingerprint density at radius 2 is 1.54 bits per heavy atom. The molecule has 0 bridgehead atoms. The number of hydrogen-bond acceptors (Lipinski definition) is 3. The number of likely N-dealkylation sites (tertiary alicyclic amines) is 1. The van der Waals surface area contributed by atoms with Crippen LogP contribution in [0.15, 0.2) is 18.2 Å². The molecular weight excluding hydrogens is 348 g/mol. The summed E-state index contributed by atoms with van der Waals surface area (Å²) in [5.74, 6) is 0.0652. The first-order chi connectivity index (χ1) is 13.0. The van der Waals surface area contributed by atoms with Crippen molar-refractivity contribution in [2.24, 2.45) is 0 Å². The van der Waals surface area contributed by atoms with E-state index < -0.39 is 0 Å². The fourth-order valence-corrected chi connectivity index (χ4v) is 4.18. The minimum atomic E-state index is 0.0174. The molecule has 2 aliphatic rings. The maximum Gasteiger partial charge on any atom is 0.251 e. The highest BCUT2D eigenvalue weighted by Gasteiger charge is 2.30. The second-order valence-corrected chi connectivity index (χ2v) is 10.6. The maximum atomic E-state index is 13.1. The van der Waals surface area contributed by atoms with Crippen LogP contribution in [0.5, 0.6) is 0 Å². The molecule has 2 saturated heterocycles. The van der Waals surface area contributed by atoms with Crippen molar-refractivity contribution in [3.63, 3.8) is 0 Å². The minimum absolute atomic E-state index is 0.0174. The minimum Gasteiger partial charge on any atom is -0.381 e. The number of benzene rings is 1. The normalized spacial score (nSPS) is 22.4. The van der Waals surface area contributed by atoms with E-state index >= 15 is 0 Å². The molecule has 1 unspecified atom stereocenters. The third-order valence-corrected chi connectivity index (χ3v) is 6.19. The predicted molar refractivity (Wildman–Crippen MR) is 115 cm³/mol. The van der Waals surface area contributed by atoms with Crippen molar-refractivity contribution in [2.45, 2.75) is 83.7 Å². The molecule has 0 aliphatic carbocycles. The van der Waals surface area contributed by atoms with Crippen molar-refractivity contribution in [2.75, 3.05) is 26.3 Å². The quantitative estimate of drug-likeness (QED) is 0.844. The van der Waals surface area contributed by atoms with Gasteiger partial charge in [-0.25, -0.2) is 0 Å². The second kappa shape index (κ2) is 8.16. The number of nitrogens with zero attached hydrogens (tertiary/aromatic N) is 1. The summed E-state index contributed by atoms with van der Waals surface area (Å²) in [6.07, 6.45) is 3.26. The number of hydrogen-bond donors (Lipinski definition) is 1. The van der Waals surface area contributed by atoms with Gasteiger partial charge in [-0.2, -0.15) is 0 Å². The summed E-state index contributed by atoms with van der Waals surface area (Å²) < 4.78 is 5.49. The standard InChI is InChI=1S/C24H38N2O2/c1-23(2,3)18-13-17(14-19(15-18)24(4,5)6)22(27)25-20-7-10-26(16-20)21-8-11-28-12-9-21/h13-15,20-21H,7-12,16H2,1-6H3,(H,25,27). The number of ether oxygens (including phenoxy) is 1. The highest BCUT2D eigenvalue weighted by Crippen LogP contribution is 2.30. The van der Waals surface area contributed by atoms with Gasteiger partial charge in [0.15, 0.2) is 0 Å². The molecule has 2 aliphatic heterocycles. The molecule has 0 spiro atoms. The molecule has 2 fully saturated rings. The third-order valence-electron chi connectivity index (χ3n) is 6.19. The molecule has 2 heterocycles. The van der Waals surface area contributed by atoms with E-state index in [-0.39, 0.29) is 22.8 Å². The first kappa shape index (κ1) is 21.3. The van der Waals surface area contributed by atoms with Crippen LogP contribution in [0.25, 0.3) is 0 Å². The van der Waals surface area contributed by atoms with Gasteiger partial charge in [0, 0.05) is 44.0 Å². The van der Waals surface area contributed by atoms with E-state index in [0.717, 1.165) is 51.1 Å². The molecule has 4 nitrogen and oxygen atoms in total. The van der Waals surface area contributed by atoms with Crippen molar-refractivity contribution in [1.82, 2.24) is 10.2 Å². The van der Waals surface area contributed by atoms with Crippen LogP contribution in [0.1, 0.15) is 82.3 Å². The van der Waals surface area contributed by atoms with Gasteiger partial charge in [0.25, 0.3) is 5.91 Å². The molecule has 1 amide bonds. The van der Waals surface area contributed by atoms with Crippen LogP contribution >= 0.6 is 0 Å². The first-order valence-corrected chi connectivity index (χ1v) is 10.8. The molecule has 0 aromatic heterocycles. The van der Waals surface area contributed by atoms with E-state index in [4.69, 9.17) is 4.74 Å². The summed E-state index contributed by atoms with van der Waals surface area (Å²) >= 11 is 0. The topological polar surface area (TPSA) is 41.6 Å². The van der Waals surface area contributed by atoms with E-state index in [9.17, 15) is 4.79 Å². The molecule has 156 valence electrons. The van der Waals surface area contributed by atoms with Gasteiger partial charge in [-0.05, 0) is 53.4 Å². The fraction of sp³-hybridized carbons (Fsp3) is 0.708. The number of rotatable bonds is 3. The largest absolute Gasteiger partial charge is 0.381 e. The Morgan fingerprint density at radius 1 is 0.964 bits per heavy atom. The molecule has 0 saturated carbocycles. The lowest BCUT2D eigenvalue weighted by molar-refractivity contribution is 0.0415. The van der Waals surface area contributed by atoms with Gasteiger partial charge in [0.2, 0.25) is 0 Å². The van der Waals surface area contributed by atoms with Gasteiger partial charge < -0.3 is 10.1 Å². The summed E-state index contributed by atoms with van der Waals surface area (Å²) in [7, 11) is 0. The molecule has 0 radical (unpaired) electrons. The zero-order valence-electron chi connectivity index (χ0n) is 18.6. The van der Waals surface area contributed by atoms with Crippen LogP contribution in [-0.4, -0.2) is 49.2 Å². The van der Waals surface area contributed by atoms with Crippen molar-refractivity contribution in [1.29, 1.82) is 0 Å². The number of nitrogens with one attached hydrogen (secondary N) is 1. The van der Waals surface area contributed by atoms with Gasteiger partial charge in [-0.15, -0.1) is 0 Å². The Hall–Kier alpha value is -1.39. The molecule has 3 rings (SSSR count). The molecule has 4 heteroatoms. The van der Waals surface area contributed by atoms with E-state index in [2.05, 4.69) is 70.0 Å². The molecule has 1 N–H and O–H groups in total. The number of carbonyl (C=O) groups excluding carboxylic acids is 1. The number of amides is 1. The van der Waals surface area contributed by atoms with Gasteiger partial charge in [-0.3, -0.25) is 9.69 Å². The van der Waals surface area contributed by atoms with E-state index in [1.165, 1.54) is 11.1 Å². The molecule has 1 atom stereocenters. The van der Waals surface area contributed by atoms with Crippen LogP contribution in [0.2, 0.25) is 0 Å². The van der Waals surface area contributed by atoms with E-state index in [1.54, 1.807) is 0 Å². The van der Waals surface area contributed by atoms with Gasteiger partial charge >= 0.3 is 0 Å². The van der Waals surface area contributed by atoms with E-state index in [0.29, 0.717) is 6.04 Å². The lowest BCUT2D eigenvalue weighted by Crippen LogP contribution is -2.41. The molecule has 28 heavy (non-hydrogen) atoms. The van der Waals surface area contributed by atoms with Crippen molar-refractivity contribution >= 4 is 5.91 Å². The fourth-order valence-electron chi connectivity index (χ4n) is 4.18. The predicted octanol–water partition coefficient (Wildman–Crippen LogP) is 4.26. The van der Waals surface area contributed by atoms with Crippen LogP contribution in [-0.2, 0) is 15.6 Å². The Morgan fingerprint density at radius 3 is 2.07 bits per heavy atom. The number of carbonyl (C=O) groups is 1. The summed E-state index contributed by atoms with van der Waals surface area (Å²) in [6.45, 7) is 17.0. The summed E-state index contributed by atoms with van der Waals surface area (Å²) in [6, 6.07) is 7.28. The maximum absolute atomic E-state index is 13.1. The lowest BCUT2D eigenvalue weighted by atomic mass is 9.79. The average molecular weight is 387 g/mol. The Labute approximate surface area is 171 Å². The second-order valence-electron chi connectivity index (χ2n) is 10.6.